The van der Waals surface area contributed by atoms with Crippen LogP contribution < -0.4 is 5.32 Å². The van der Waals surface area contributed by atoms with Gasteiger partial charge in [-0.25, -0.2) is 0 Å². The van der Waals surface area contributed by atoms with Crippen LogP contribution in [0.4, 0.5) is 0 Å². The topological polar surface area (TPSA) is 15.3 Å². The fourth-order valence-corrected chi connectivity index (χ4v) is 3.83. The van der Waals surface area contributed by atoms with Crippen LogP contribution in [0.2, 0.25) is 0 Å². The third kappa shape index (κ3) is 4.46. The van der Waals surface area contributed by atoms with Crippen molar-refractivity contribution in [1.29, 1.82) is 0 Å². The Bertz CT molecular complexity index is 294. The van der Waals surface area contributed by atoms with E-state index < -0.39 is 0 Å². The molecule has 2 fully saturated rings. The Balaban J connectivity index is 2.04. The first kappa shape index (κ1) is 16.3. The second-order valence-electron chi connectivity index (χ2n) is 8.29. The molecule has 0 radical (unpaired) electrons. The van der Waals surface area contributed by atoms with Crippen LogP contribution in [0.15, 0.2) is 0 Å². The van der Waals surface area contributed by atoms with Crippen molar-refractivity contribution in [3.05, 3.63) is 0 Å². The monoisotopic (exact) mass is 280 g/mol. The molecular weight excluding hydrogens is 244 g/mol. The summed E-state index contributed by atoms with van der Waals surface area (Å²) in [6.45, 7) is 14.3. The summed E-state index contributed by atoms with van der Waals surface area (Å²) in [5.74, 6) is 0.824. The lowest BCUT2D eigenvalue weighted by Crippen LogP contribution is -2.55. The molecule has 1 N–H and O–H groups in total. The van der Waals surface area contributed by atoms with E-state index in [1.54, 1.807) is 0 Å². The van der Waals surface area contributed by atoms with Crippen LogP contribution in [0, 0.1) is 11.3 Å². The summed E-state index contributed by atoms with van der Waals surface area (Å²) >= 11 is 0. The van der Waals surface area contributed by atoms with Crippen LogP contribution in [0.1, 0.15) is 73.1 Å². The van der Waals surface area contributed by atoms with Gasteiger partial charge < -0.3 is 5.32 Å². The van der Waals surface area contributed by atoms with Crippen LogP contribution in [0.25, 0.3) is 0 Å². The number of nitrogens with zero attached hydrogens (tertiary/aromatic N) is 1. The van der Waals surface area contributed by atoms with E-state index in [4.69, 9.17) is 0 Å². The maximum Gasteiger partial charge on any atom is 0.0257 e. The second kappa shape index (κ2) is 6.79. The van der Waals surface area contributed by atoms with Crippen molar-refractivity contribution >= 4 is 0 Å². The molecule has 2 nitrogen and oxygen atoms in total. The van der Waals surface area contributed by atoms with Crippen molar-refractivity contribution in [2.45, 2.75) is 91.3 Å². The average molecular weight is 281 g/mol. The predicted octanol–water partition coefficient (Wildman–Crippen LogP) is 4.05. The summed E-state index contributed by atoms with van der Waals surface area (Å²) in [4.78, 5) is 2.88. The molecule has 0 aromatic rings. The summed E-state index contributed by atoms with van der Waals surface area (Å²) in [5.41, 5.74) is 0.529. The Morgan fingerprint density at radius 1 is 1.20 bits per heavy atom. The molecule has 2 heteroatoms. The number of hydrogen-bond donors (Lipinski definition) is 1. The van der Waals surface area contributed by atoms with E-state index in [-0.39, 0.29) is 0 Å². The van der Waals surface area contributed by atoms with E-state index in [1.807, 2.05) is 0 Å². The van der Waals surface area contributed by atoms with Crippen molar-refractivity contribution in [1.82, 2.24) is 10.2 Å². The molecule has 0 aromatic carbocycles. The molecule has 0 heterocycles. The van der Waals surface area contributed by atoms with Crippen molar-refractivity contribution < 1.29 is 0 Å². The summed E-state index contributed by atoms with van der Waals surface area (Å²) in [5, 5.41) is 3.78. The number of nitrogens with one attached hydrogen (secondary N) is 1. The minimum Gasteiger partial charge on any atom is -0.313 e. The Kier molecular flexibility index (Phi) is 5.53. The lowest BCUT2D eigenvalue weighted by molar-refractivity contribution is 0.0566. The third-order valence-electron chi connectivity index (χ3n) is 5.23. The third-order valence-corrected chi connectivity index (χ3v) is 5.23. The molecule has 0 aromatic heterocycles. The molecule has 2 aliphatic carbocycles. The fraction of sp³-hybridized carbons (Fsp3) is 1.00. The highest BCUT2D eigenvalue weighted by Gasteiger charge is 2.42. The van der Waals surface area contributed by atoms with Gasteiger partial charge in [0.2, 0.25) is 0 Å². The molecule has 0 amide bonds. The van der Waals surface area contributed by atoms with Crippen LogP contribution in [0.3, 0.4) is 0 Å². The van der Waals surface area contributed by atoms with Crippen molar-refractivity contribution in [2.24, 2.45) is 11.3 Å². The smallest absolute Gasteiger partial charge is 0.0257 e. The minimum atomic E-state index is 0.529. The molecule has 20 heavy (non-hydrogen) atoms. The second-order valence-corrected chi connectivity index (χ2v) is 8.29. The van der Waals surface area contributed by atoms with Gasteiger partial charge in [-0.15, -0.1) is 0 Å². The average Bonchev–Trinajstić information content (AvgIpc) is 3.16. The van der Waals surface area contributed by atoms with Crippen molar-refractivity contribution in [3.63, 3.8) is 0 Å². The molecule has 0 aliphatic heterocycles. The number of likely N-dealkylation sites (N-methyl/N-ethyl adjacent to an activating group) is 1. The normalized spacial score (nSPS) is 30.1. The summed E-state index contributed by atoms with van der Waals surface area (Å²) < 4.78 is 0. The zero-order valence-corrected chi connectivity index (χ0v) is 14.4. The molecule has 118 valence electrons. The van der Waals surface area contributed by atoms with Gasteiger partial charge in [-0.2, -0.15) is 0 Å². The Labute approximate surface area is 126 Å². The number of rotatable bonds is 7. The first-order valence-electron chi connectivity index (χ1n) is 8.92. The molecule has 2 atom stereocenters. The zero-order chi connectivity index (χ0) is 14.8. The highest BCUT2D eigenvalue weighted by molar-refractivity contribution is 4.99. The molecule has 2 aliphatic rings. The highest BCUT2D eigenvalue weighted by atomic mass is 15.2. The fourth-order valence-electron chi connectivity index (χ4n) is 3.83. The maximum absolute atomic E-state index is 3.78. The van der Waals surface area contributed by atoms with Gasteiger partial charge in [0.15, 0.2) is 0 Å². The highest BCUT2D eigenvalue weighted by Crippen LogP contribution is 2.41. The van der Waals surface area contributed by atoms with Gasteiger partial charge in [0, 0.05) is 18.1 Å². The molecule has 2 unspecified atom stereocenters. The summed E-state index contributed by atoms with van der Waals surface area (Å²) in [6.07, 6.45) is 8.34. The van der Waals surface area contributed by atoms with E-state index in [0.717, 1.165) is 30.6 Å². The summed E-state index contributed by atoms with van der Waals surface area (Å²) in [6, 6.07) is 2.39. The standard InChI is InChI=1S/C18H36N2/c1-6-19-16-9-11-18(4,5)13-17(16)20(15-7-8-15)12-10-14(2)3/h14-17,19H,6-13H2,1-5H3. The molecule has 2 saturated carbocycles. The largest absolute Gasteiger partial charge is 0.313 e. The Hall–Kier alpha value is -0.0800. The van der Waals surface area contributed by atoms with E-state index in [9.17, 15) is 0 Å². The van der Waals surface area contributed by atoms with Crippen LogP contribution >= 0.6 is 0 Å². The molecule has 0 saturated heterocycles. The van der Waals surface area contributed by atoms with Crippen LogP contribution in [-0.2, 0) is 0 Å². The summed E-state index contributed by atoms with van der Waals surface area (Å²) in [7, 11) is 0. The minimum absolute atomic E-state index is 0.529. The number of hydrogen-bond acceptors (Lipinski definition) is 2. The van der Waals surface area contributed by atoms with Gasteiger partial charge in [0.1, 0.15) is 0 Å². The maximum atomic E-state index is 3.78. The van der Waals surface area contributed by atoms with Gasteiger partial charge >= 0.3 is 0 Å². The van der Waals surface area contributed by atoms with E-state index in [1.165, 1.54) is 45.1 Å². The van der Waals surface area contributed by atoms with Gasteiger partial charge in [0.25, 0.3) is 0 Å². The van der Waals surface area contributed by atoms with Gasteiger partial charge in [-0.1, -0.05) is 34.6 Å². The first-order valence-corrected chi connectivity index (χ1v) is 8.92. The Morgan fingerprint density at radius 2 is 1.90 bits per heavy atom. The molecule has 0 bridgehead atoms. The first-order chi connectivity index (χ1) is 9.43. The van der Waals surface area contributed by atoms with Gasteiger partial charge in [-0.3, -0.25) is 4.90 Å². The SMILES string of the molecule is CCNC1CCC(C)(C)CC1N(CCC(C)C)C1CC1. The van der Waals surface area contributed by atoms with Crippen molar-refractivity contribution in [3.8, 4) is 0 Å². The van der Waals surface area contributed by atoms with Gasteiger partial charge in [0.05, 0.1) is 0 Å². The lowest BCUT2D eigenvalue weighted by atomic mass is 9.72. The van der Waals surface area contributed by atoms with E-state index in [0.29, 0.717) is 5.41 Å². The molecule has 2 rings (SSSR count). The molecule has 0 spiro atoms. The Morgan fingerprint density at radius 3 is 2.45 bits per heavy atom. The quantitative estimate of drug-likeness (QED) is 0.757. The molecular formula is C18H36N2. The van der Waals surface area contributed by atoms with Crippen molar-refractivity contribution in [2.75, 3.05) is 13.1 Å². The van der Waals surface area contributed by atoms with E-state index in [2.05, 4.69) is 44.8 Å². The van der Waals surface area contributed by atoms with Gasteiger partial charge in [-0.05, 0) is 62.9 Å². The van der Waals surface area contributed by atoms with Crippen LogP contribution in [0.5, 0.6) is 0 Å². The zero-order valence-electron chi connectivity index (χ0n) is 14.4. The lowest BCUT2D eigenvalue weighted by Gasteiger charge is -2.46. The van der Waals surface area contributed by atoms with E-state index >= 15 is 0 Å². The predicted molar refractivity (Wildman–Crippen MR) is 88.1 cm³/mol. The van der Waals surface area contributed by atoms with Crippen LogP contribution in [-0.4, -0.2) is 36.1 Å².